The van der Waals surface area contributed by atoms with E-state index in [2.05, 4.69) is 32.2 Å². The number of carbonyl (C=O) groups is 2. The summed E-state index contributed by atoms with van der Waals surface area (Å²) in [6.07, 6.45) is 4.41. The van der Waals surface area contributed by atoms with Crippen LogP contribution >= 0.6 is 11.3 Å². The van der Waals surface area contributed by atoms with Crippen molar-refractivity contribution in [1.29, 1.82) is 0 Å². The first kappa shape index (κ1) is 21.1. The highest BCUT2D eigenvalue weighted by Gasteiger charge is 2.45. The molecule has 1 aliphatic carbocycles. The molecule has 1 fully saturated rings. The molecule has 4 rings (SSSR count). The summed E-state index contributed by atoms with van der Waals surface area (Å²) in [6.45, 7) is 7.17. The second-order valence-electron chi connectivity index (χ2n) is 9.34. The molecule has 1 aromatic carbocycles. The summed E-state index contributed by atoms with van der Waals surface area (Å²) in [5.41, 5.74) is 1.53. The van der Waals surface area contributed by atoms with Crippen LogP contribution in [0.4, 0.5) is 0 Å². The fourth-order valence-corrected chi connectivity index (χ4v) is 5.82. The zero-order chi connectivity index (χ0) is 21.3. The summed E-state index contributed by atoms with van der Waals surface area (Å²) in [5.74, 6) is 0.780. The Balaban J connectivity index is 1.73. The highest BCUT2D eigenvalue weighted by Crippen LogP contribution is 2.44. The molecule has 2 aromatic rings. The van der Waals surface area contributed by atoms with Crippen molar-refractivity contribution in [3.63, 3.8) is 0 Å². The van der Waals surface area contributed by atoms with Crippen molar-refractivity contribution < 1.29 is 9.59 Å². The van der Waals surface area contributed by atoms with Gasteiger partial charge in [-0.2, -0.15) is 0 Å². The van der Waals surface area contributed by atoms with Gasteiger partial charge in [0.25, 0.3) is 5.91 Å². The molecule has 2 heterocycles. The number of hydrogen-bond donors (Lipinski definition) is 1. The van der Waals surface area contributed by atoms with Gasteiger partial charge in [0, 0.05) is 23.0 Å². The minimum absolute atomic E-state index is 0.0354. The molecule has 2 amide bonds. The summed E-state index contributed by atoms with van der Waals surface area (Å²) in [4.78, 5) is 30.2. The average Bonchev–Trinajstić information content (AvgIpc) is 3.25. The molecule has 1 aromatic heterocycles. The minimum atomic E-state index is -0.379. The van der Waals surface area contributed by atoms with Crippen LogP contribution in [0.2, 0.25) is 0 Å². The van der Waals surface area contributed by atoms with Crippen LogP contribution < -0.4 is 5.32 Å². The fourth-order valence-electron chi connectivity index (χ4n) is 4.94. The SMILES string of the molecule is CC(C)CN1C(=O)c2ccccc2[C@H](C(=O)NC2CCC(C)CC2)[C@@H]1c1cccs1. The molecule has 1 N–H and O–H groups in total. The van der Waals surface area contributed by atoms with Crippen LogP contribution in [0.5, 0.6) is 0 Å². The first-order chi connectivity index (χ1) is 14.5. The Morgan fingerprint density at radius 1 is 1.13 bits per heavy atom. The second kappa shape index (κ2) is 8.93. The van der Waals surface area contributed by atoms with E-state index in [0.717, 1.165) is 29.2 Å². The lowest BCUT2D eigenvalue weighted by Crippen LogP contribution is -2.50. The third kappa shape index (κ3) is 4.18. The van der Waals surface area contributed by atoms with Gasteiger partial charge < -0.3 is 10.2 Å². The van der Waals surface area contributed by atoms with Gasteiger partial charge in [0.2, 0.25) is 5.91 Å². The Labute approximate surface area is 183 Å². The quantitative estimate of drug-likeness (QED) is 0.700. The van der Waals surface area contributed by atoms with E-state index in [-0.39, 0.29) is 29.8 Å². The molecule has 0 saturated heterocycles. The number of fused-ring (bicyclic) bond motifs is 1. The van der Waals surface area contributed by atoms with Gasteiger partial charge in [-0.05, 0) is 60.6 Å². The lowest BCUT2D eigenvalue weighted by molar-refractivity contribution is -0.125. The summed E-state index contributed by atoms with van der Waals surface area (Å²) in [6, 6.07) is 11.7. The summed E-state index contributed by atoms with van der Waals surface area (Å²) in [7, 11) is 0. The van der Waals surface area contributed by atoms with Crippen LogP contribution in [0.3, 0.4) is 0 Å². The molecule has 4 nitrogen and oxygen atoms in total. The molecule has 1 saturated carbocycles. The Kier molecular flexibility index (Phi) is 6.28. The molecular formula is C25H32N2O2S. The number of thiophene rings is 1. The lowest BCUT2D eigenvalue weighted by atomic mass is 9.80. The first-order valence-corrected chi connectivity index (χ1v) is 12.1. The van der Waals surface area contributed by atoms with E-state index < -0.39 is 0 Å². The van der Waals surface area contributed by atoms with Crippen molar-refractivity contribution in [2.24, 2.45) is 11.8 Å². The number of rotatable bonds is 5. The molecule has 160 valence electrons. The van der Waals surface area contributed by atoms with Gasteiger partial charge >= 0.3 is 0 Å². The largest absolute Gasteiger partial charge is 0.353 e. The van der Waals surface area contributed by atoms with Crippen LogP contribution in [0.25, 0.3) is 0 Å². The molecule has 30 heavy (non-hydrogen) atoms. The van der Waals surface area contributed by atoms with E-state index in [4.69, 9.17) is 0 Å². The smallest absolute Gasteiger partial charge is 0.254 e. The molecular weight excluding hydrogens is 392 g/mol. The molecule has 1 aliphatic heterocycles. The Morgan fingerprint density at radius 3 is 2.53 bits per heavy atom. The van der Waals surface area contributed by atoms with E-state index >= 15 is 0 Å². The van der Waals surface area contributed by atoms with E-state index in [9.17, 15) is 9.59 Å². The van der Waals surface area contributed by atoms with Gasteiger partial charge in [-0.25, -0.2) is 0 Å². The first-order valence-electron chi connectivity index (χ1n) is 11.2. The summed E-state index contributed by atoms with van der Waals surface area (Å²) < 4.78 is 0. The van der Waals surface area contributed by atoms with E-state index in [0.29, 0.717) is 18.0 Å². The van der Waals surface area contributed by atoms with Crippen molar-refractivity contribution >= 4 is 23.2 Å². The second-order valence-corrected chi connectivity index (χ2v) is 10.3. The predicted octanol–water partition coefficient (Wildman–Crippen LogP) is 5.38. The highest BCUT2D eigenvalue weighted by molar-refractivity contribution is 7.10. The Morgan fingerprint density at radius 2 is 1.87 bits per heavy atom. The molecule has 0 bridgehead atoms. The third-order valence-corrected chi connectivity index (χ3v) is 7.42. The number of carbonyl (C=O) groups excluding carboxylic acids is 2. The zero-order valence-electron chi connectivity index (χ0n) is 18.1. The van der Waals surface area contributed by atoms with Crippen molar-refractivity contribution in [2.75, 3.05) is 6.54 Å². The minimum Gasteiger partial charge on any atom is -0.353 e. The van der Waals surface area contributed by atoms with Crippen molar-refractivity contribution in [1.82, 2.24) is 10.2 Å². The molecule has 2 aliphatic rings. The van der Waals surface area contributed by atoms with Crippen LogP contribution in [0.1, 0.15) is 79.2 Å². The van der Waals surface area contributed by atoms with Gasteiger partial charge in [-0.3, -0.25) is 9.59 Å². The number of nitrogens with zero attached hydrogens (tertiary/aromatic N) is 1. The third-order valence-electron chi connectivity index (χ3n) is 6.48. The lowest BCUT2D eigenvalue weighted by Gasteiger charge is -2.42. The van der Waals surface area contributed by atoms with Crippen LogP contribution in [0, 0.1) is 11.8 Å². The van der Waals surface area contributed by atoms with Crippen molar-refractivity contribution in [3.8, 4) is 0 Å². The molecule has 2 atom stereocenters. The summed E-state index contributed by atoms with van der Waals surface area (Å²) in [5, 5.41) is 5.39. The maximum Gasteiger partial charge on any atom is 0.254 e. The Hall–Kier alpha value is -2.14. The molecule has 5 heteroatoms. The Bertz CT molecular complexity index is 884. The van der Waals surface area contributed by atoms with Gasteiger partial charge in [0.05, 0.1) is 12.0 Å². The standard InChI is InChI=1S/C25H32N2O2S/c1-16(2)15-27-23(21-9-6-14-30-21)22(19-7-4-5-8-20(19)25(27)29)24(28)26-18-12-10-17(3)11-13-18/h4-9,14,16-18,22-23H,10-13,15H2,1-3H3,(H,26,28)/t17?,18?,22-,23-/m0/s1. The van der Waals surface area contributed by atoms with Gasteiger partial charge in [-0.15, -0.1) is 11.3 Å². The van der Waals surface area contributed by atoms with E-state index in [1.807, 2.05) is 40.6 Å². The predicted molar refractivity (Wildman–Crippen MR) is 122 cm³/mol. The zero-order valence-corrected chi connectivity index (χ0v) is 19.0. The van der Waals surface area contributed by atoms with Crippen LogP contribution in [-0.2, 0) is 4.79 Å². The molecule has 0 unspecified atom stereocenters. The van der Waals surface area contributed by atoms with Crippen molar-refractivity contribution in [2.45, 2.75) is 64.5 Å². The van der Waals surface area contributed by atoms with Gasteiger partial charge in [0.15, 0.2) is 0 Å². The van der Waals surface area contributed by atoms with Gasteiger partial charge in [0.1, 0.15) is 0 Å². The van der Waals surface area contributed by atoms with E-state index in [1.54, 1.807) is 11.3 Å². The molecule has 0 spiro atoms. The highest BCUT2D eigenvalue weighted by atomic mass is 32.1. The number of amides is 2. The number of nitrogens with one attached hydrogen (secondary N) is 1. The fraction of sp³-hybridized carbons (Fsp3) is 0.520. The van der Waals surface area contributed by atoms with Gasteiger partial charge in [-0.1, -0.05) is 45.0 Å². The monoisotopic (exact) mass is 424 g/mol. The number of hydrogen-bond acceptors (Lipinski definition) is 3. The number of benzene rings is 1. The molecule has 0 radical (unpaired) electrons. The maximum absolute atomic E-state index is 13.7. The topological polar surface area (TPSA) is 49.4 Å². The van der Waals surface area contributed by atoms with Crippen LogP contribution in [-0.4, -0.2) is 29.3 Å². The average molecular weight is 425 g/mol. The van der Waals surface area contributed by atoms with E-state index in [1.165, 1.54) is 12.8 Å². The normalized spacial score (nSPS) is 26.5. The summed E-state index contributed by atoms with van der Waals surface area (Å²) >= 11 is 1.63. The van der Waals surface area contributed by atoms with Crippen molar-refractivity contribution in [3.05, 3.63) is 57.8 Å². The van der Waals surface area contributed by atoms with Crippen LogP contribution in [0.15, 0.2) is 41.8 Å². The maximum atomic E-state index is 13.7.